The van der Waals surface area contributed by atoms with Gasteiger partial charge in [-0.1, -0.05) is 56.3 Å². The van der Waals surface area contributed by atoms with E-state index in [0.717, 1.165) is 11.1 Å². The van der Waals surface area contributed by atoms with E-state index < -0.39 is 16.6 Å². The lowest BCUT2D eigenvalue weighted by atomic mass is 9.69. The molecule has 2 aliphatic rings. The molecule has 0 spiro atoms. The van der Waals surface area contributed by atoms with Crippen LogP contribution in [0.25, 0.3) is 11.1 Å². The molecular weight excluding hydrogens is 340 g/mol. The van der Waals surface area contributed by atoms with Crippen LogP contribution < -0.4 is 10.6 Å². The zero-order valence-corrected chi connectivity index (χ0v) is 15.8. The van der Waals surface area contributed by atoms with Gasteiger partial charge in [0.1, 0.15) is 0 Å². The Morgan fingerprint density at radius 1 is 0.926 bits per heavy atom. The maximum atomic E-state index is 12.6. The maximum absolute atomic E-state index is 12.6. The van der Waals surface area contributed by atoms with Crippen molar-refractivity contribution < 1.29 is 14.3 Å². The first-order chi connectivity index (χ1) is 12.8. The zero-order valence-electron chi connectivity index (χ0n) is 15.8. The zero-order chi connectivity index (χ0) is 19.3. The maximum Gasteiger partial charge on any atom is 0.322 e. The molecule has 2 unspecified atom stereocenters. The predicted octanol–water partition coefficient (Wildman–Crippen LogP) is 4.55. The first-order valence-corrected chi connectivity index (χ1v) is 9.26. The highest BCUT2D eigenvalue weighted by Gasteiger charge is 2.73. The first kappa shape index (κ1) is 17.6. The van der Waals surface area contributed by atoms with Crippen molar-refractivity contribution in [3.63, 3.8) is 0 Å². The average molecular weight is 364 g/mol. The number of benzene rings is 2. The monoisotopic (exact) mass is 364 g/mol. The number of fused-ring (bicyclic) bond motifs is 2. The van der Waals surface area contributed by atoms with E-state index in [-0.39, 0.29) is 12.0 Å². The van der Waals surface area contributed by atoms with Crippen LogP contribution >= 0.6 is 0 Å². The number of nitrogens with one attached hydrogen (secondary N) is 2. The minimum atomic E-state index is -0.951. The van der Waals surface area contributed by atoms with Crippen molar-refractivity contribution >= 4 is 17.7 Å². The molecule has 4 rings (SSSR count). The quantitative estimate of drug-likeness (QED) is 0.785. The number of esters is 1. The molecule has 1 aliphatic carbocycles. The third-order valence-electron chi connectivity index (χ3n) is 6.65. The fourth-order valence-electron chi connectivity index (χ4n) is 4.27. The van der Waals surface area contributed by atoms with E-state index in [2.05, 4.69) is 10.6 Å². The van der Waals surface area contributed by atoms with Gasteiger partial charge in [-0.25, -0.2) is 4.79 Å². The third-order valence-corrected chi connectivity index (χ3v) is 6.65. The summed E-state index contributed by atoms with van der Waals surface area (Å²) in [5.41, 5.74) is 0.914. The normalized spacial score (nSPS) is 27.9. The summed E-state index contributed by atoms with van der Waals surface area (Å²) in [7, 11) is 0. The number of hydrogen-bond donors (Lipinski definition) is 2. The van der Waals surface area contributed by atoms with Crippen molar-refractivity contribution in [2.75, 3.05) is 5.32 Å². The van der Waals surface area contributed by atoms with E-state index in [0.29, 0.717) is 18.5 Å². The van der Waals surface area contributed by atoms with Crippen molar-refractivity contribution in [2.24, 2.45) is 10.8 Å². The molecule has 2 bridgehead atoms. The molecule has 2 aromatic carbocycles. The second-order valence-electron chi connectivity index (χ2n) is 8.20. The van der Waals surface area contributed by atoms with E-state index in [9.17, 15) is 9.59 Å². The van der Waals surface area contributed by atoms with Gasteiger partial charge in [0.05, 0.1) is 5.41 Å². The van der Waals surface area contributed by atoms with Gasteiger partial charge in [-0.2, -0.15) is 0 Å². The Labute approximate surface area is 159 Å². The Morgan fingerprint density at radius 2 is 1.56 bits per heavy atom. The van der Waals surface area contributed by atoms with Gasteiger partial charge in [0, 0.05) is 17.5 Å². The molecule has 2 fully saturated rings. The molecule has 0 aromatic heterocycles. The van der Waals surface area contributed by atoms with Gasteiger partial charge < -0.3 is 10.1 Å². The molecule has 5 heteroatoms. The molecule has 27 heavy (non-hydrogen) atoms. The Hall–Kier alpha value is -2.82. The van der Waals surface area contributed by atoms with Crippen LogP contribution in [0.3, 0.4) is 0 Å². The average Bonchev–Trinajstić information content (AvgIpc) is 2.92. The van der Waals surface area contributed by atoms with Crippen molar-refractivity contribution in [1.29, 1.82) is 0 Å². The highest BCUT2D eigenvalue weighted by molar-refractivity contribution is 5.91. The lowest BCUT2D eigenvalue weighted by molar-refractivity contribution is -0.161. The third kappa shape index (κ3) is 2.52. The Morgan fingerprint density at radius 3 is 2.11 bits per heavy atom. The standard InChI is InChI=1S/C22H24N2O3/c1-20(2)21(3)13-14-22(20,27-18(21)25)24-19(26)23-17-11-9-16(10-12-17)15-7-5-4-6-8-15/h4-12H,13-14H2,1-3H3,(H2,23,24,26). The summed E-state index contributed by atoms with van der Waals surface area (Å²) >= 11 is 0. The van der Waals surface area contributed by atoms with Crippen molar-refractivity contribution in [3.05, 3.63) is 54.6 Å². The van der Waals surface area contributed by atoms with E-state index >= 15 is 0 Å². The van der Waals surface area contributed by atoms with Gasteiger partial charge in [0.15, 0.2) is 5.72 Å². The van der Waals surface area contributed by atoms with Crippen LogP contribution in [-0.2, 0) is 9.53 Å². The van der Waals surface area contributed by atoms with E-state index in [1.54, 1.807) is 0 Å². The topological polar surface area (TPSA) is 67.4 Å². The highest BCUT2D eigenvalue weighted by Crippen LogP contribution is 2.64. The molecule has 2 N–H and O–H groups in total. The predicted molar refractivity (Wildman–Crippen MR) is 104 cm³/mol. The van der Waals surface area contributed by atoms with Gasteiger partial charge in [0.25, 0.3) is 0 Å². The highest BCUT2D eigenvalue weighted by atomic mass is 16.6. The lowest BCUT2D eigenvalue weighted by Gasteiger charge is -2.37. The molecule has 1 saturated heterocycles. The summed E-state index contributed by atoms with van der Waals surface area (Å²) < 4.78 is 5.64. The van der Waals surface area contributed by atoms with Crippen molar-refractivity contribution in [3.8, 4) is 11.1 Å². The summed E-state index contributed by atoms with van der Waals surface area (Å²) in [6.45, 7) is 5.89. The number of carbonyl (C=O) groups excluding carboxylic acids is 2. The number of rotatable bonds is 3. The van der Waals surface area contributed by atoms with Crippen LogP contribution in [0.15, 0.2) is 54.6 Å². The summed E-state index contributed by atoms with van der Waals surface area (Å²) in [5, 5.41) is 5.78. The lowest BCUT2D eigenvalue weighted by Crippen LogP contribution is -2.56. The van der Waals surface area contributed by atoms with Crippen molar-refractivity contribution in [1.82, 2.24) is 5.32 Å². The second kappa shape index (κ2) is 5.84. The van der Waals surface area contributed by atoms with Crippen LogP contribution in [0.4, 0.5) is 10.5 Å². The number of carbonyl (C=O) groups is 2. The van der Waals surface area contributed by atoms with Gasteiger partial charge in [-0.15, -0.1) is 0 Å². The molecule has 1 heterocycles. The number of urea groups is 1. The van der Waals surface area contributed by atoms with E-state index in [1.807, 2.05) is 75.4 Å². The van der Waals surface area contributed by atoms with E-state index in [1.165, 1.54) is 0 Å². The molecule has 1 aliphatic heterocycles. The molecule has 5 nitrogen and oxygen atoms in total. The fourth-order valence-corrected chi connectivity index (χ4v) is 4.27. The molecule has 140 valence electrons. The van der Waals surface area contributed by atoms with Gasteiger partial charge >= 0.3 is 12.0 Å². The van der Waals surface area contributed by atoms with Crippen LogP contribution in [-0.4, -0.2) is 17.7 Å². The number of ether oxygens (including phenoxy) is 1. The Bertz CT molecular complexity index is 892. The molecular formula is C22H24N2O3. The minimum Gasteiger partial charge on any atom is -0.438 e. The molecule has 2 aromatic rings. The largest absolute Gasteiger partial charge is 0.438 e. The van der Waals surface area contributed by atoms with Crippen LogP contribution in [0, 0.1) is 10.8 Å². The van der Waals surface area contributed by atoms with Crippen molar-refractivity contribution in [2.45, 2.75) is 39.3 Å². The van der Waals surface area contributed by atoms with Gasteiger partial charge in [-0.05, 0) is 36.6 Å². The van der Waals surface area contributed by atoms with E-state index in [4.69, 9.17) is 4.74 Å². The van der Waals surface area contributed by atoms with Crippen LogP contribution in [0.5, 0.6) is 0 Å². The Kier molecular flexibility index (Phi) is 3.81. The van der Waals surface area contributed by atoms with Crippen LogP contribution in [0.2, 0.25) is 0 Å². The van der Waals surface area contributed by atoms with Gasteiger partial charge in [-0.3, -0.25) is 10.1 Å². The van der Waals surface area contributed by atoms with Gasteiger partial charge in [0.2, 0.25) is 0 Å². The minimum absolute atomic E-state index is 0.230. The molecule has 2 atom stereocenters. The SMILES string of the molecule is CC12CCC(NC(=O)Nc3ccc(-c4ccccc4)cc3)(OC1=O)C2(C)C. The first-order valence-electron chi connectivity index (χ1n) is 9.26. The molecule has 0 radical (unpaired) electrons. The smallest absolute Gasteiger partial charge is 0.322 e. The summed E-state index contributed by atoms with van der Waals surface area (Å²) in [6.07, 6.45) is 1.34. The number of amides is 2. The molecule has 1 saturated carbocycles. The summed E-state index contributed by atoms with van der Waals surface area (Å²) in [6, 6.07) is 17.4. The summed E-state index contributed by atoms with van der Waals surface area (Å²) in [5.74, 6) is -0.230. The fraction of sp³-hybridized carbons (Fsp3) is 0.364. The Balaban J connectivity index is 1.47. The number of hydrogen-bond acceptors (Lipinski definition) is 3. The number of anilines is 1. The van der Waals surface area contributed by atoms with Crippen LogP contribution in [0.1, 0.15) is 33.6 Å². The molecule has 2 amide bonds. The second-order valence-corrected chi connectivity index (χ2v) is 8.20. The summed E-state index contributed by atoms with van der Waals surface area (Å²) in [4.78, 5) is 24.9.